The van der Waals surface area contributed by atoms with E-state index in [2.05, 4.69) is 9.82 Å². The second-order valence-corrected chi connectivity index (χ2v) is 10.8. The molecule has 2 heterocycles. The lowest BCUT2D eigenvalue weighted by Crippen LogP contribution is -2.24. The summed E-state index contributed by atoms with van der Waals surface area (Å²) in [6.45, 7) is 3.32. The molecule has 1 saturated heterocycles. The highest BCUT2D eigenvalue weighted by atomic mass is 35.5. The molecule has 0 bridgehead atoms. The first-order chi connectivity index (χ1) is 12.1. The molecule has 2 aromatic rings. The molecule has 1 aliphatic rings. The Balaban J connectivity index is 1.87. The minimum atomic E-state index is -3.82. The molecule has 0 radical (unpaired) electrons. The average Bonchev–Trinajstić information content (AvgIpc) is 3.05. The third-order valence-corrected chi connectivity index (χ3v) is 8.26. The minimum absolute atomic E-state index is 0.0124. The molecular weight excluding hydrogens is 398 g/mol. The highest BCUT2D eigenvalue weighted by Gasteiger charge is 2.33. The van der Waals surface area contributed by atoms with Crippen LogP contribution in [0.4, 0.5) is 0 Å². The Kier molecular flexibility index (Phi) is 5.17. The van der Waals surface area contributed by atoms with Crippen molar-refractivity contribution >= 4 is 31.5 Å². The van der Waals surface area contributed by atoms with Crippen molar-refractivity contribution in [2.45, 2.75) is 37.8 Å². The quantitative estimate of drug-likeness (QED) is 0.802. The van der Waals surface area contributed by atoms with Crippen molar-refractivity contribution < 1.29 is 16.8 Å². The third kappa shape index (κ3) is 3.80. The van der Waals surface area contributed by atoms with Crippen molar-refractivity contribution in [2.75, 3.05) is 11.5 Å². The van der Waals surface area contributed by atoms with Gasteiger partial charge in [0.05, 0.1) is 28.9 Å². The maximum absolute atomic E-state index is 12.8. The van der Waals surface area contributed by atoms with E-state index in [0.29, 0.717) is 28.4 Å². The Morgan fingerprint density at radius 1 is 1.31 bits per heavy atom. The normalized spacial score (nSPS) is 19.7. The first-order valence-electron chi connectivity index (χ1n) is 8.10. The van der Waals surface area contributed by atoms with Gasteiger partial charge in [0, 0.05) is 11.6 Å². The van der Waals surface area contributed by atoms with Gasteiger partial charge in [0.1, 0.15) is 4.90 Å². The molecule has 0 aliphatic carbocycles. The number of hydrogen-bond acceptors (Lipinski definition) is 5. The van der Waals surface area contributed by atoms with Crippen LogP contribution in [0.5, 0.6) is 0 Å². The first kappa shape index (κ1) is 19.3. The molecule has 1 aromatic heterocycles. The van der Waals surface area contributed by atoms with Crippen molar-refractivity contribution in [3.8, 4) is 0 Å². The first-order valence-corrected chi connectivity index (χ1v) is 11.8. The summed E-state index contributed by atoms with van der Waals surface area (Å²) in [6.07, 6.45) is 0.441. The summed E-state index contributed by atoms with van der Waals surface area (Å²) in [7, 11) is -6.91. The van der Waals surface area contributed by atoms with Crippen LogP contribution in [-0.4, -0.2) is 38.1 Å². The fourth-order valence-corrected chi connectivity index (χ4v) is 6.54. The van der Waals surface area contributed by atoms with Gasteiger partial charge in [-0.25, -0.2) is 21.6 Å². The van der Waals surface area contributed by atoms with Crippen LogP contribution in [0.25, 0.3) is 0 Å². The van der Waals surface area contributed by atoms with Crippen molar-refractivity contribution in [2.24, 2.45) is 0 Å². The zero-order chi connectivity index (χ0) is 19.1. The standard InChI is InChI=1S/C16H20ClN3O4S2/c1-11-16(12(2)20(19-11)14-7-8-25(21,22)10-14)26(23,24)18-9-13-5-3-4-6-15(13)17/h3-6,14,18H,7-10H2,1-2H3/t14-/m0/s1. The number of sulfonamides is 1. The zero-order valence-electron chi connectivity index (χ0n) is 14.4. The van der Waals surface area contributed by atoms with Crippen molar-refractivity contribution in [3.63, 3.8) is 0 Å². The van der Waals surface area contributed by atoms with Gasteiger partial charge in [0.2, 0.25) is 10.0 Å². The summed E-state index contributed by atoms with van der Waals surface area (Å²) in [4.78, 5) is 0.0915. The van der Waals surface area contributed by atoms with Crippen LogP contribution in [0.2, 0.25) is 5.02 Å². The number of nitrogens with zero attached hydrogens (tertiary/aromatic N) is 2. The van der Waals surface area contributed by atoms with Crippen LogP contribution in [0.1, 0.15) is 29.4 Å². The number of nitrogens with one attached hydrogen (secondary N) is 1. The number of rotatable bonds is 5. The summed E-state index contributed by atoms with van der Waals surface area (Å²) >= 11 is 6.07. The maximum Gasteiger partial charge on any atom is 0.244 e. The lowest BCUT2D eigenvalue weighted by Gasteiger charge is -2.12. The Hall–Kier alpha value is -1.42. The SMILES string of the molecule is Cc1nn([C@H]2CCS(=O)(=O)C2)c(C)c1S(=O)(=O)NCc1ccccc1Cl. The molecule has 1 fully saturated rings. The number of benzene rings is 1. The van der Waals surface area contributed by atoms with Crippen molar-refractivity contribution in [1.82, 2.24) is 14.5 Å². The Morgan fingerprint density at radius 2 is 2.00 bits per heavy atom. The van der Waals surface area contributed by atoms with Gasteiger partial charge in [0.25, 0.3) is 0 Å². The van der Waals surface area contributed by atoms with E-state index in [0.717, 1.165) is 0 Å². The fourth-order valence-electron chi connectivity index (χ4n) is 3.25. The highest BCUT2D eigenvalue weighted by molar-refractivity contribution is 7.91. The Labute approximate surface area is 158 Å². The smallest absolute Gasteiger partial charge is 0.244 e. The second-order valence-electron chi connectivity index (χ2n) is 6.42. The Bertz CT molecular complexity index is 1050. The van der Waals surface area contributed by atoms with Gasteiger partial charge < -0.3 is 0 Å². The van der Waals surface area contributed by atoms with E-state index in [-0.39, 0.29) is 29.0 Å². The summed E-state index contributed by atoms with van der Waals surface area (Å²) < 4.78 is 53.1. The number of hydrogen-bond donors (Lipinski definition) is 1. The van der Waals surface area contributed by atoms with Crippen LogP contribution >= 0.6 is 11.6 Å². The maximum atomic E-state index is 12.8. The van der Waals surface area contributed by atoms with Gasteiger partial charge >= 0.3 is 0 Å². The van der Waals surface area contributed by atoms with Crippen LogP contribution in [0, 0.1) is 13.8 Å². The van der Waals surface area contributed by atoms with E-state index in [1.165, 1.54) is 4.68 Å². The summed E-state index contributed by atoms with van der Waals surface area (Å²) in [5.41, 5.74) is 1.46. The summed E-state index contributed by atoms with van der Waals surface area (Å²) in [6, 6.07) is 6.67. The molecule has 0 amide bonds. The van der Waals surface area contributed by atoms with Crippen LogP contribution in [0.15, 0.2) is 29.2 Å². The van der Waals surface area contributed by atoms with Crippen molar-refractivity contribution in [3.05, 3.63) is 46.2 Å². The predicted molar refractivity (Wildman–Crippen MR) is 99.5 cm³/mol. The van der Waals surface area contributed by atoms with Gasteiger partial charge in [-0.05, 0) is 31.9 Å². The van der Waals surface area contributed by atoms with E-state index in [9.17, 15) is 16.8 Å². The molecule has 3 rings (SSSR count). The van der Waals surface area contributed by atoms with Crippen molar-refractivity contribution in [1.29, 1.82) is 0 Å². The van der Waals surface area contributed by atoms with Gasteiger partial charge in [-0.2, -0.15) is 5.10 Å². The minimum Gasteiger partial charge on any atom is -0.264 e. The van der Waals surface area contributed by atoms with Gasteiger partial charge in [0.15, 0.2) is 9.84 Å². The summed E-state index contributed by atoms with van der Waals surface area (Å²) in [5, 5.41) is 4.79. The summed E-state index contributed by atoms with van der Waals surface area (Å²) in [5.74, 6) is 0.0877. The largest absolute Gasteiger partial charge is 0.264 e. The lowest BCUT2D eigenvalue weighted by atomic mass is 10.2. The number of halogens is 1. The van der Waals surface area contributed by atoms with E-state index >= 15 is 0 Å². The molecule has 0 spiro atoms. The number of aromatic nitrogens is 2. The molecule has 1 N–H and O–H groups in total. The third-order valence-electron chi connectivity index (χ3n) is 4.49. The highest BCUT2D eigenvalue weighted by Crippen LogP contribution is 2.29. The molecule has 0 saturated carbocycles. The molecule has 142 valence electrons. The molecule has 1 aromatic carbocycles. The van der Waals surface area contributed by atoms with Crippen LogP contribution < -0.4 is 4.72 Å². The molecule has 0 unspecified atom stereocenters. The van der Waals surface area contributed by atoms with Gasteiger partial charge in [-0.15, -0.1) is 0 Å². The monoisotopic (exact) mass is 417 g/mol. The molecule has 1 aliphatic heterocycles. The van der Waals surface area contributed by atoms with Crippen LogP contribution in [-0.2, 0) is 26.4 Å². The molecular formula is C16H20ClN3O4S2. The molecule has 10 heteroatoms. The zero-order valence-corrected chi connectivity index (χ0v) is 16.8. The predicted octanol–water partition coefficient (Wildman–Crippen LogP) is 1.99. The van der Waals surface area contributed by atoms with Gasteiger partial charge in [-0.3, -0.25) is 4.68 Å². The Morgan fingerprint density at radius 3 is 2.62 bits per heavy atom. The van der Waals surface area contributed by atoms with E-state index in [1.54, 1.807) is 38.1 Å². The number of aryl methyl sites for hydroxylation is 1. The fraction of sp³-hybridized carbons (Fsp3) is 0.438. The van der Waals surface area contributed by atoms with Crippen LogP contribution in [0.3, 0.4) is 0 Å². The molecule has 7 nitrogen and oxygen atoms in total. The van der Waals surface area contributed by atoms with E-state index in [4.69, 9.17) is 11.6 Å². The van der Waals surface area contributed by atoms with E-state index < -0.39 is 19.9 Å². The second kappa shape index (κ2) is 6.95. The average molecular weight is 418 g/mol. The molecule has 26 heavy (non-hydrogen) atoms. The lowest BCUT2D eigenvalue weighted by molar-refractivity contribution is 0.484. The number of sulfone groups is 1. The topological polar surface area (TPSA) is 98.1 Å². The van der Waals surface area contributed by atoms with Gasteiger partial charge in [-0.1, -0.05) is 29.8 Å². The van der Waals surface area contributed by atoms with E-state index in [1.807, 2.05) is 0 Å². The molecule has 1 atom stereocenters.